The molecule has 3 aromatic rings. The molecule has 1 aliphatic carbocycles. The van der Waals surface area contributed by atoms with Crippen LogP contribution < -0.4 is 9.47 Å². The van der Waals surface area contributed by atoms with Crippen LogP contribution >= 0.6 is 0 Å². The Bertz CT molecular complexity index is 1120. The third kappa shape index (κ3) is 3.14. The molecule has 0 saturated heterocycles. The Morgan fingerprint density at radius 3 is 2.66 bits per heavy atom. The number of halogens is 2. The van der Waals surface area contributed by atoms with E-state index in [1.807, 2.05) is 18.2 Å². The highest BCUT2D eigenvalue weighted by Gasteiger charge is 2.50. The number of hydrogen-bond donors (Lipinski definition) is 0. The number of ketones is 1. The van der Waals surface area contributed by atoms with Crippen molar-refractivity contribution in [2.24, 2.45) is 0 Å². The summed E-state index contributed by atoms with van der Waals surface area (Å²) in [5.41, 5.74) is 1.29. The van der Waals surface area contributed by atoms with E-state index in [0.717, 1.165) is 36.6 Å². The minimum absolute atomic E-state index is 0.0562. The van der Waals surface area contributed by atoms with Gasteiger partial charge in [-0.25, -0.2) is 8.78 Å². The van der Waals surface area contributed by atoms with Crippen molar-refractivity contribution in [1.82, 2.24) is 4.98 Å². The van der Waals surface area contributed by atoms with Crippen molar-refractivity contribution in [3.8, 4) is 22.8 Å². The third-order valence-corrected chi connectivity index (χ3v) is 5.56. The molecular weight excluding hydrogens is 376 g/mol. The maximum Gasteiger partial charge on any atom is 0.231 e. The van der Waals surface area contributed by atoms with E-state index in [1.165, 1.54) is 0 Å². The van der Waals surface area contributed by atoms with Gasteiger partial charge in [-0.15, -0.1) is 0 Å². The topological polar surface area (TPSA) is 48.4 Å². The number of nitrogens with zero attached hydrogens (tertiary/aromatic N) is 1. The quantitative estimate of drug-likeness (QED) is 0.636. The van der Waals surface area contributed by atoms with Crippen molar-refractivity contribution in [2.45, 2.75) is 24.7 Å². The van der Waals surface area contributed by atoms with Crippen LogP contribution in [0.1, 0.15) is 24.1 Å². The van der Waals surface area contributed by atoms with Crippen LogP contribution in [0.2, 0.25) is 0 Å². The van der Waals surface area contributed by atoms with Crippen LogP contribution in [0.25, 0.3) is 11.3 Å². The van der Waals surface area contributed by atoms with E-state index in [-0.39, 0.29) is 24.6 Å². The van der Waals surface area contributed by atoms with Crippen LogP contribution in [0.15, 0.2) is 54.6 Å². The summed E-state index contributed by atoms with van der Waals surface area (Å²) in [6, 6.07) is 13.9. The van der Waals surface area contributed by atoms with Crippen LogP contribution in [-0.4, -0.2) is 17.6 Å². The van der Waals surface area contributed by atoms with Crippen LogP contribution in [0.5, 0.6) is 11.5 Å². The molecule has 1 aromatic heterocycles. The molecule has 0 amide bonds. The van der Waals surface area contributed by atoms with Gasteiger partial charge in [0.2, 0.25) is 6.79 Å². The molecule has 0 atom stereocenters. The highest BCUT2D eigenvalue weighted by atomic mass is 19.1. The third-order valence-electron chi connectivity index (χ3n) is 5.56. The lowest BCUT2D eigenvalue weighted by Gasteiger charge is -2.15. The zero-order valence-corrected chi connectivity index (χ0v) is 15.5. The molecule has 146 valence electrons. The molecule has 2 heterocycles. The van der Waals surface area contributed by atoms with Gasteiger partial charge in [-0.1, -0.05) is 12.1 Å². The predicted molar refractivity (Wildman–Crippen MR) is 102 cm³/mol. The molecule has 0 bridgehead atoms. The van der Waals surface area contributed by atoms with Crippen molar-refractivity contribution in [3.63, 3.8) is 0 Å². The van der Waals surface area contributed by atoms with Crippen molar-refractivity contribution in [2.75, 3.05) is 6.79 Å². The standard InChI is InChI=1S/C23H17F2NO3/c24-15-5-6-18(25)17(11-15)19-3-1-2-16(26-19)12-22(27)23(8-9-23)14-4-7-20-21(10-14)29-13-28-20/h1-7,10-11H,8-9,12-13H2. The lowest BCUT2D eigenvalue weighted by atomic mass is 9.88. The van der Waals surface area contributed by atoms with Gasteiger partial charge >= 0.3 is 0 Å². The molecule has 0 spiro atoms. The SMILES string of the molecule is O=C(Cc1cccc(-c2cc(F)ccc2F)n1)C1(c2ccc3c(c2)OCO3)CC1. The van der Waals surface area contributed by atoms with Crippen LogP contribution in [0.4, 0.5) is 8.78 Å². The zero-order chi connectivity index (χ0) is 20.0. The predicted octanol–water partition coefficient (Wildman–Crippen LogP) is 4.60. The monoisotopic (exact) mass is 393 g/mol. The molecule has 0 radical (unpaired) electrons. The minimum atomic E-state index is -0.554. The molecule has 29 heavy (non-hydrogen) atoms. The molecule has 2 aliphatic rings. The number of carbonyl (C=O) groups is 1. The highest BCUT2D eigenvalue weighted by Crippen LogP contribution is 2.51. The summed E-state index contributed by atoms with van der Waals surface area (Å²) >= 11 is 0. The van der Waals surface area contributed by atoms with Crippen LogP contribution in [0.3, 0.4) is 0 Å². The minimum Gasteiger partial charge on any atom is -0.454 e. The van der Waals surface area contributed by atoms with Gasteiger partial charge in [0.05, 0.1) is 11.1 Å². The largest absolute Gasteiger partial charge is 0.454 e. The first-order chi connectivity index (χ1) is 14.0. The lowest BCUT2D eigenvalue weighted by Crippen LogP contribution is -2.23. The molecule has 0 unspecified atom stereocenters. The number of ether oxygens (including phenoxy) is 2. The van der Waals surface area contributed by atoms with Crippen molar-refractivity contribution >= 4 is 5.78 Å². The Balaban J connectivity index is 1.41. The van der Waals surface area contributed by atoms with Gasteiger partial charge in [0, 0.05) is 17.7 Å². The Morgan fingerprint density at radius 1 is 1.00 bits per heavy atom. The fraction of sp³-hybridized carbons (Fsp3) is 0.217. The summed E-state index contributed by atoms with van der Waals surface area (Å²) in [4.78, 5) is 17.5. The second kappa shape index (κ2) is 6.65. The second-order valence-electron chi connectivity index (χ2n) is 7.39. The number of rotatable bonds is 5. The van der Waals surface area contributed by atoms with Crippen molar-refractivity contribution in [1.29, 1.82) is 0 Å². The molecule has 4 nitrogen and oxygen atoms in total. The van der Waals surface area contributed by atoms with Gasteiger partial charge in [0.1, 0.15) is 17.4 Å². The summed E-state index contributed by atoms with van der Waals surface area (Å²) in [5.74, 6) is 0.304. The zero-order valence-electron chi connectivity index (χ0n) is 15.5. The molecule has 2 aromatic carbocycles. The number of pyridine rings is 1. The molecule has 0 N–H and O–H groups in total. The average Bonchev–Trinajstić information content (AvgIpc) is 3.41. The highest BCUT2D eigenvalue weighted by molar-refractivity contribution is 5.94. The maximum absolute atomic E-state index is 14.1. The van der Waals surface area contributed by atoms with Gasteiger partial charge in [0.15, 0.2) is 11.5 Å². The summed E-state index contributed by atoms with van der Waals surface area (Å²) in [6.07, 6.45) is 1.66. The first kappa shape index (κ1) is 17.8. The number of benzene rings is 2. The number of carbonyl (C=O) groups excluding carboxylic acids is 1. The van der Waals surface area contributed by atoms with Gasteiger partial charge < -0.3 is 9.47 Å². The second-order valence-corrected chi connectivity index (χ2v) is 7.39. The van der Waals surface area contributed by atoms with Crippen LogP contribution in [-0.2, 0) is 16.6 Å². The molecule has 1 fully saturated rings. The van der Waals surface area contributed by atoms with E-state index < -0.39 is 17.0 Å². The molecule has 1 aliphatic heterocycles. The smallest absolute Gasteiger partial charge is 0.231 e. The lowest BCUT2D eigenvalue weighted by molar-refractivity contribution is -0.120. The Hall–Kier alpha value is -3.28. The Labute approximate surface area is 166 Å². The first-order valence-corrected chi connectivity index (χ1v) is 9.40. The summed E-state index contributed by atoms with van der Waals surface area (Å²) < 4.78 is 38.4. The van der Waals surface area contributed by atoms with Crippen molar-refractivity contribution < 1.29 is 23.0 Å². The van der Waals surface area contributed by atoms with Gasteiger partial charge in [-0.05, 0) is 60.9 Å². The number of Topliss-reactive ketones (excluding diaryl/α,β-unsaturated/α-hetero) is 1. The van der Waals surface area contributed by atoms with E-state index in [9.17, 15) is 13.6 Å². The summed E-state index contributed by atoms with van der Waals surface area (Å²) in [6.45, 7) is 0.188. The Morgan fingerprint density at radius 2 is 1.83 bits per heavy atom. The fourth-order valence-electron chi connectivity index (χ4n) is 3.80. The van der Waals surface area contributed by atoms with Gasteiger partial charge in [-0.3, -0.25) is 9.78 Å². The fourth-order valence-corrected chi connectivity index (χ4v) is 3.80. The normalized spacial score (nSPS) is 15.9. The summed E-state index contributed by atoms with van der Waals surface area (Å²) in [5, 5.41) is 0. The molecule has 5 rings (SSSR count). The first-order valence-electron chi connectivity index (χ1n) is 9.40. The van der Waals surface area contributed by atoms with Gasteiger partial charge in [0.25, 0.3) is 0 Å². The Kier molecular flexibility index (Phi) is 4.08. The van der Waals surface area contributed by atoms with E-state index in [2.05, 4.69) is 4.98 Å². The van der Waals surface area contributed by atoms with E-state index in [4.69, 9.17) is 9.47 Å². The molecule has 1 saturated carbocycles. The molecular formula is C23H17F2NO3. The van der Waals surface area contributed by atoms with E-state index in [1.54, 1.807) is 18.2 Å². The summed E-state index contributed by atoms with van der Waals surface area (Å²) in [7, 11) is 0. The molecule has 6 heteroatoms. The van der Waals surface area contributed by atoms with Gasteiger partial charge in [-0.2, -0.15) is 0 Å². The van der Waals surface area contributed by atoms with Crippen molar-refractivity contribution in [3.05, 3.63) is 77.5 Å². The number of fused-ring (bicyclic) bond motifs is 1. The van der Waals surface area contributed by atoms with Crippen LogP contribution in [0, 0.1) is 11.6 Å². The van der Waals surface area contributed by atoms with E-state index >= 15 is 0 Å². The maximum atomic E-state index is 14.1. The van der Waals surface area contributed by atoms with E-state index in [0.29, 0.717) is 22.9 Å². The number of aromatic nitrogens is 1. The average molecular weight is 393 g/mol. The number of hydrogen-bond acceptors (Lipinski definition) is 4.